The van der Waals surface area contributed by atoms with Gasteiger partial charge >= 0.3 is 0 Å². The molecule has 1 aliphatic rings. The van der Waals surface area contributed by atoms with Gasteiger partial charge in [-0.15, -0.1) is 0 Å². The highest BCUT2D eigenvalue weighted by Gasteiger charge is 2.50. The summed E-state index contributed by atoms with van der Waals surface area (Å²) in [7, 11) is -5.20. The maximum atomic E-state index is 14.3. The average Bonchev–Trinajstić information content (AvgIpc) is 2.79. The van der Waals surface area contributed by atoms with E-state index in [0.29, 0.717) is 6.07 Å². The summed E-state index contributed by atoms with van der Waals surface area (Å²) >= 11 is 0. The summed E-state index contributed by atoms with van der Waals surface area (Å²) in [6.45, 7) is 0. The largest absolute Gasteiger partial charge is 0.457 e. The SMILES string of the molecule is [2H]C([2H])([2H])S(=O)(=O)c1ccc(Oc2cc(F)cc(C#N)c2)c2c1[C@]([2H])(O)C(F)(F)C2. The normalized spacial score (nSPS) is 23.8. The third kappa shape index (κ3) is 3.13. The Morgan fingerprint density at radius 2 is 2.15 bits per heavy atom. The van der Waals surface area contributed by atoms with Crippen molar-refractivity contribution in [1.29, 1.82) is 5.26 Å². The van der Waals surface area contributed by atoms with Crippen LogP contribution in [0.4, 0.5) is 13.2 Å². The van der Waals surface area contributed by atoms with Crippen molar-refractivity contribution in [3.63, 3.8) is 0 Å². The maximum absolute atomic E-state index is 14.3. The lowest BCUT2D eigenvalue weighted by atomic mass is 10.1. The molecule has 0 bridgehead atoms. The fourth-order valence-corrected chi connectivity index (χ4v) is 3.40. The number of nitriles is 1. The number of benzene rings is 2. The number of halogens is 3. The lowest BCUT2D eigenvalue weighted by Crippen LogP contribution is -2.22. The Morgan fingerprint density at radius 1 is 1.42 bits per heavy atom. The molecule has 1 atom stereocenters. The van der Waals surface area contributed by atoms with Gasteiger partial charge in [0.2, 0.25) is 0 Å². The molecule has 2 aromatic rings. The lowest BCUT2D eigenvalue weighted by molar-refractivity contribution is -0.0976. The third-order valence-corrected chi connectivity index (χ3v) is 4.65. The van der Waals surface area contributed by atoms with E-state index in [-0.39, 0.29) is 11.3 Å². The van der Waals surface area contributed by atoms with Gasteiger partial charge in [-0.05, 0) is 24.3 Å². The van der Waals surface area contributed by atoms with Gasteiger partial charge in [-0.2, -0.15) is 5.26 Å². The highest BCUT2D eigenvalue weighted by molar-refractivity contribution is 7.90. The van der Waals surface area contributed by atoms with Crippen LogP contribution in [0.3, 0.4) is 0 Å². The summed E-state index contributed by atoms with van der Waals surface area (Å²) in [5, 5.41) is 19.0. The van der Waals surface area contributed by atoms with Gasteiger partial charge in [0.25, 0.3) is 5.92 Å². The van der Waals surface area contributed by atoms with Crippen LogP contribution in [0.2, 0.25) is 0 Å². The molecule has 0 fully saturated rings. The van der Waals surface area contributed by atoms with E-state index >= 15 is 0 Å². The summed E-state index contributed by atoms with van der Waals surface area (Å²) in [6, 6.07) is 5.97. The van der Waals surface area contributed by atoms with Gasteiger partial charge in [0.05, 0.1) is 17.9 Å². The molecule has 0 aromatic heterocycles. The minimum atomic E-state index is -5.20. The van der Waals surface area contributed by atoms with Gasteiger partial charge in [-0.1, -0.05) is 0 Å². The molecule has 1 aliphatic carbocycles. The molecule has 9 heteroatoms. The van der Waals surface area contributed by atoms with Crippen molar-refractivity contribution in [2.24, 2.45) is 0 Å². The van der Waals surface area contributed by atoms with Crippen LogP contribution in [-0.4, -0.2) is 25.6 Å². The summed E-state index contributed by atoms with van der Waals surface area (Å²) in [5.74, 6) is -5.78. The molecule has 0 aliphatic heterocycles. The molecule has 5 nitrogen and oxygen atoms in total. The van der Waals surface area contributed by atoms with Crippen LogP contribution >= 0.6 is 0 Å². The molecule has 2 aromatic carbocycles. The zero-order valence-electron chi connectivity index (χ0n) is 16.8. The van der Waals surface area contributed by atoms with E-state index in [4.69, 9.17) is 15.5 Å². The second-order valence-electron chi connectivity index (χ2n) is 5.54. The Morgan fingerprint density at radius 3 is 2.81 bits per heavy atom. The minimum Gasteiger partial charge on any atom is -0.457 e. The Labute approximate surface area is 152 Å². The van der Waals surface area contributed by atoms with E-state index in [9.17, 15) is 26.7 Å². The summed E-state index contributed by atoms with van der Waals surface area (Å²) in [4.78, 5) is -1.16. The highest BCUT2D eigenvalue weighted by Crippen LogP contribution is 2.49. The van der Waals surface area contributed by atoms with Crippen LogP contribution in [0.15, 0.2) is 35.2 Å². The molecule has 26 heavy (non-hydrogen) atoms. The second-order valence-corrected chi connectivity index (χ2v) is 6.98. The lowest BCUT2D eigenvalue weighted by Gasteiger charge is -2.15. The molecule has 0 heterocycles. The Hall–Kier alpha value is -2.57. The van der Waals surface area contributed by atoms with Crippen LogP contribution in [-0.2, 0) is 16.3 Å². The quantitative estimate of drug-likeness (QED) is 0.874. The number of fused-ring (bicyclic) bond motifs is 1. The van der Waals surface area contributed by atoms with Crippen molar-refractivity contribution in [3.8, 4) is 17.6 Å². The number of alkyl halides is 2. The zero-order chi connectivity index (χ0) is 22.7. The standard InChI is InChI=1S/C17H12F3NO4S/c1-26(23,24)14-3-2-13(12-7-17(19,20)16(22)15(12)14)25-11-5-9(8-21)4-10(18)6-11/h2-6,16,22H,7H2,1H3/t16-/m0/s1/i1D3,16D. The van der Waals surface area contributed by atoms with Crippen LogP contribution in [0.25, 0.3) is 0 Å². The van der Waals surface area contributed by atoms with Gasteiger partial charge in [0.15, 0.2) is 9.84 Å². The Kier molecular flexibility index (Phi) is 3.14. The molecule has 0 saturated carbocycles. The number of nitrogens with zero attached hydrogens (tertiary/aromatic N) is 1. The van der Waals surface area contributed by atoms with Gasteiger partial charge < -0.3 is 9.84 Å². The topological polar surface area (TPSA) is 87.4 Å². The Balaban J connectivity index is 2.25. The molecule has 3 rings (SSSR count). The fraction of sp³-hybridized carbons (Fsp3) is 0.235. The van der Waals surface area contributed by atoms with Crippen LogP contribution < -0.4 is 4.74 Å². The number of aliphatic hydroxyl groups is 1. The second kappa shape index (κ2) is 6.00. The molecule has 1 N–H and O–H groups in total. The first-order valence-electron chi connectivity index (χ1n) is 9.01. The third-order valence-electron chi connectivity index (χ3n) is 3.73. The monoisotopic (exact) mass is 387 g/mol. The molecule has 0 unspecified atom stereocenters. The van der Waals surface area contributed by atoms with Crippen LogP contribution in [0, 0.1) is 17.1 Å². The smallest absolute Gasteiger partial charge is 0.281 e. The number of rotatable bonds is 3. The highest BCUT2D eigenvalue weighted by atomic mass is 32.2. The Bertz CT molecular complexity index is 1190. The molecule has 0 saturated heterocycles. The minimum absolute atomic E-state index is 0.148. The van der Waals surface area contributed by atoms with E-state index < -0.39 is 62.0 Å². The number of sulfone groups is 1. The number of ether oxygens (including phenoxy) is 1. The van der Waals surface area contributed by atoms with Gasteiger partial charge in [0, 0.05) is 33.9 Å². The average molecular weight is 387 g/mol. The summed E-state index contributed by atoms with van der Waals surface area (Å²) < 4.78 is 102. The zero-order valence-corrected chi connectivity index (χ0v) is 13.6. The molecular weight excluding hydrogens is 371 g/mol. The molecular formula is C17H12F3NO4S. The van der Waals surface area contributed by atoms with Crippen molar-refractivity contribution in [2.75, 3.05) is 6.18 Å². The van der Waals surface area contributed by atoms with E-state index in [2.05, 4.69) is 0 Å². The summed E-state index contributed by atoms with van der Waals surface area (Å²) in [6.07, 6.45) is -8.72. The molecule has 136 valence electrons. The van der Waals surface area contributed by atoms with Crippen molar-refractivity contribution in [1.82, 2.24) is 0 Å². The first-order chi connectivity index (χ1) is 13.6. The van der Waals surface area contributed by atoms with E-state index in [1.807, 2.05) is 0 Å². The predicted octanol–water partition coefficient (Wildman–Crippen LogP) is 3.12. The molecule has 0 radical (unpaired) electrons. The fourth-order valence-electron chi connectivity index (χ4n) is 2.66. The van der Waals surface area contributed by atoms with Gasteiger partial charge in [0.1, 0.15) is 23.4 Å². The first-order valence-corrected chi connectivity index (χ1v) is 8.50. The van der Waals surface area contributed by atoms with Crippen molar-refractivity contribution < 1.29 is 36.9 Å². The van der Waals surface area contributed by atoms with E-state index in [1.165, 1.54) is 0 Å². The summed E-state index contributed by atoms with van der Waals surface area (Å²) in [5.41, 5.74) is -1.89. The van der Waals surface area contributed by atoms with Crippen molar-refractivity contribution in [3.05, 3.63) is 52.8 Å². The van der Waals surface area contributed by atoms with Crippen LogP contribution in [0.1, 0.15) is 28.3 Å². The van der Waals surface area contributed by atoms with Crippen LogP contribution in [0.5, 0.6) is 11.5 Å². The number of hydrogen-bond acceptors (Lipinski definition) is 5. The van der Waals surface area contributed by atoms with Crippen molar-refractivity contribution >= 4 is 9.84 Å². The first kappa shape index (κ1) is 13.6. The maximum Gasteiger partial charge on any atom is 0.281 e. The predicted molar refractivity (Wildman–Crippen MR) is 84.4 cm³/mol. The van der Waals surface area contributed by atoms with E-state index in [0.717, 1.165) is 24.3 Å². The molecule has 0 spiro atoms. The van der Waals surface area contributed by atoms with Gasteiger partial charge in [-0.25, -0.2) is 21.6 Å². The van der Waals surface area contributed by atoms with Crippen molar-refractivity contribution in [2.45, 2.75) is 23.3 Å². The molecule has 0 amide bonds. The van der Waals surface area contributed by atoms with Gasteiger partial charge in [-0.3, -0.25) is 0 Å². The number of hydrogen-bond donors (Lipinski definition) is 1. The van der Waals surface area contributed by atoms with E-state index in [1.54, 1.807) is 6.07 Å².